The molecule has 0 radical (unpaired) electrons. The first kappa shape index (κ1) is 17.6. The number of carbonyl (C=O) groups is 2. The molecule has 7 heteroatoms. The SMILES string of the molecule is CC(=O)CSc1ccc(C(F)(F)F)c(C(C)OC(C)=O)c1. The van der Waals surface area contributed by atoms with E-state index >= 15 is 0 Å². The standard InChI is InChI=1S/C14H15F3O3S/c1-8(18)7-21-11-4-5-13(14(15,16)17)12(6-11)9(2)20-10(3)19/h4-6,9H,7H2,1-3H3. The van der Waals surface area contributed by atoms with Gasteiger partial charge in [0.15, 0.2) is 0 Å². The van der Waals surface area contributed by atoms with Crippen molar-refractivity contribution < 1.29 is 27.5 Å². The minimum atomic E-state index is -4.53. The second-order valence-corrected chi connectivity index (χ2v) is 5.54. The Kier molecular flexibility index (Phi) is 5.83. The van der Waals surface area contributed by atoms with Gasteiger partial charge in [-0.1, -0.05) is 0 Å². The molecule has 1 unspecified atom stereocenters. The highest BCUT2D eigenvalue weighted by atomic mass is 32.2. The number of thioether (sulfide) groups is 1. The van der Waals surface area contributed by atoms with Gasteiger partial charge < -0.3 is 4.74 Å². The van der Waals surface area contributed by atoms with Gasteiger partial charge in [-0.2, -0.15) is 13.2 Å². The highest BCUT2D eigenvalue weighted by Crippen LogP contribution is 2.37. The molecule has 0 amide bonds. The minimum absolute atomic E-state index is 0.0746. The molecule has 0 bridgehead atoms. The van der Waals surface area contributed by atoms with Crippen molar-refractivity contribution >= 4 is 23.5 Å². The lowest BCUT2D eigenvalue weighted by Gasteiger charge is -2.19. The third-order valence-electron chi connectivity index (χ3n) is 2.55. The Hall–Kier alpha value is -1.50. The average Bonchev–Trinajstić information content (AvgIpc) is 2.34. The highest BCUT2D eigenvalue weighted by molar-refractivity contribution is 8.00. The first-order valence-electron chi connectivity index (χ1n) is 6.12. The summed E-state index contributed by atoms with van der Waals surface area (Å²) in [4.78, 5) is 22.4. The van der Waals surface area contributed by atoms with E-state index < -0.39 is 23.8 Å². The van der Waals surface area contributed by atoms with E-state index in [4.69, 9.17) is 4.74 Å². The van der Waals surface area contributed by atoms with Crippen LogP contribution >= 0.6 is 11.8 Å². The molecule has 1 atom stereocenters. The van der Waals surface area contributed by atoms with Gasteiger partial charge in [-0.15, -0.1) is 11.8 Å². The average molecular weight is 320 g/mol. The van der Waals surface area contributed by atoms with E-state index in [0.717, 1.165) is 24.8 Å². The topological polar surface area (TPSA) is 43.4 Å². The van der Waals surface area contributed by atoms with Crippen molar-refractivity contribution in [3.63, 3.8) is 0 Å². The van der Waals surface area contributed by atoms with Gasteiger partial charge in [0, 0.05) is 17.4 Å². The van der Waals surface area contributed by atoms with Gasteiger partial charge in [-0.3, -0.25) is 9.59 Å². The summed E-state index contributed by atoms with van der Waals surface area (Å²) in [5.41, 5.74) is -0.963. The smallest absolute Gasteiger partial charge is 0.416 e. The largest absolute Gasteiger partial charge is 0.458 e. The van der Waals surface area contributed by atoms with E-state index in [1.54, 1.807) is 0 Å². The van der Waals surface area contributed by atoms with Crippen molar-refractivity contribution in [2.24, 2.45) is 0 Å². The lowest BCUT2D eigenvalue weighted by molar-refractivity contribution is -0.149. The summed E-state index contributed by atoms with van der Waals surface area (Å²) >= 11 is 1.14. The molecular weight excluding hydrogens is 305 g/mol. The minimum Gasteiger partial charge on any atom is -0.458 e. The Morgan fingerprint density at radius 1 is 1.29 bits per heavy atom. The zero-order chi connectivity index (χ0) is 16.2. The van der Waals surface area contributed by atoms with Crippen molar-refractivity contribution in [1.29, 1.82) is 0 Å². The maximum atomic E-state index is 13.0. The van der Waals surface area contributed by atoms with Crippen LogP contribution in [0.5, 0.6) is 0 Å². The Labute approximate surface area is 124 Å². The van der Waals surface area contributed by atoms with Gasteiger partial charge in [0.2, 0.25) is 0 Å². The number of esters is 1. The third kappa shape index (κ3) is 5.41. The van der Waals surface area contributed by atoms with Crippen LogP contribution in [0.2, 0.25) is 0 Å². The number of rotatable bonds is 5. The van der Waals surface area contributed by atoms with Crippen LogP contribution in [-0.4, -0.2) is 17.5 Å². The van der Waals surface area contributed by atoms with Crippen LogP contribution in [0.1, 0.15) is 38.0 Å². The van der Waals surface area contributed by atoms with Gasteiger partial charge in [0.1, 0.15) is 11.9 Å². The molecule has 0 spiro atoms. The number of hydrogen-bond donors (Lipinski definition) is 0. The van der Waals surface area contributed by atoms with Crippen molar-refractivity contribution in [3.05, 3.63) is 29.3 Å². The Bertz CT molecular complexity index is 541. The molecule has 0 heterocycles. The van der Waals surface area contributed by atoms with Crippen LogP contribution in [0.3, 0.4) is 0 Å². The molecule has 0 fully saturated rings. The van der Waals surface area contributed by atoms with Gasteiger partial charge in [0.25, 0.3) is 0 Å². The molecule has 0 aliphatic carbocycles. The summed E-state index contributed by atoms with van der Waals surface area (Å²) in [6, 6.07) is 3.56. The van der Waals surface area contributed by atoms with Gasteiger partial charge in [-0.05, 0) is 32.0 Å². The monoisotopic (exact) mass is 320 g/mol. The number of ether oxygens (including phenoxy) is 1. The molecular formula is C14H15F3O3S. The molecule has 0 N–H and O–H groups in total. The Balaban J connectivity index is 3.16. The molecule has 3 nitrogen and oxygen atoms in total. The van der Waals surface area contributed by atoms with Crippen molar-refractivity contribution in [1.82, 2.24) is 0 Å². The van der Waals surface area contributed by atoms with E-state index in [-0.39, 0.29) is 17.1 Å². The fourth-order valence-electron chi connectivity index (χ4n) is 1.72. The number of ketones is 1. The van der Waals surface area contributed by atoms with Crippen LogP contribution in [0.25, 0.3) is 0 Å². The summed E-state index contributed by atoms with van der Waals surface area (Å²) < 4.78 is 43.8. The number of alkyl halides is 3. The summed E-state index contributed by atoms with van der Waals surface area (Å²) in [5, 5.41) is 0. The van der Waals surface area contributed by atoms with Crippen molar-refractivity contribution in [2.45, 2.75) is 37.9 Å². The molecule has 116 valence electrons. The van der Waals surface area contributed by atoms with Gasteiger partial charge in [0.05, 0.1) is 11.3 Å². The number of benzene rings is 1. The molecule has 0 saturated heterocycles. The fraction of sp³-hybridized carbons (Fsp3) is 0.429. The van der Waals surface area contributed by atoms with Crippen molar-refractivity contribution in [2.75, 3.05) is 5.75 Å². The predicted octanol–water partition coefficient (Wildman–Crippen LogP) is 4.01. The quantitative estimate of drug-likeness (QED) is 0.607. The second-order valence-electron chi connectivity index (χ2n) is 4.49. The van der Waals surface area contributed by atoms with E-state index in [1.165, 1.54) is 26.0 Å². The molecule has 1 aromatic carbocycles. The first-order valence-corrected chi connectivity index (χ1v) is 7.10. The molecule has 1 aromatic rings. The maximum Gasteiger partial charge on any atom is 0.416 e. The first-order chi connectivity index (χ1) is 9.61. The van der Waals surface area contributed by atoms with E-state index in [1.807, 2.05) is 0 Å². The molecule has 21 heavy (non-hydrogen) atoms. The molecule has 0 aromatic heterocycles. The fourth-order valence-corrected chi connectivity index (χ4v) is 2.47. The van der Waals surface area contributed by atoms with Crippen LogP contribution in [0.4, 0.5) is 13.2 Å². The lowest BCUT2D eigenvalue weighted by atomic mass is 10.0. The molecule has 0 aliphatic rings. The zero-order valence-electron chi connectivity index (χ0n) is 11.8. The number of Topliss-reactive ketones (excluding diaryl/α,β-unsaturated/α-hetero) is 1. The number of halogens is 3. The van der Waals surface area contributed by atoms with E-state index in [0.29, 0.717) is 4.90 Å². The van der Waals surface area contributed by atoms with Gasteiger partial charge in [-0.25, -0.2) is 0 Å². The summed E-state index contributed by atoms with van der Waals surface area (Å²) in [6.45, 7) is 3.92. The van der Waals surface area contributed by atoms with Crippen LogP contribution in [0.15, 0.2) is 23.1 Å². The summed E-state index contributed by atoms with van der Waals surface area (Å²) in [5.74, 6) is -0.556. The maximum absolute atomic E-state index is 13.0. The number of carbonyl (C=O) groups excluding carboxylic acids is 2. The molecule has 1 rings (SSSR count). The van der Waals surface area contributed by atoms with Crippen LogP contribution in [0, 0.1) is 0 Å². The zero-order valence-corrected chi connectivity index (χ0v) is 12.6. The lowest BCUT2D eigenvalue weighted by Crippen LogP contribution is -2.14. The van der Waals surface area contributed by atoms with E-state index in [2.05, 4.69) is 0 Å². The van der Waals surface area contributed by atoms with Gasteiger partial charge >= 0.3 is 12.1 Å². The molecule has 0 saturated carbocycles. The molecule has 0 aliphatic heterocycles. The van der Waals surface area contributed by atoms with E-state index in [9.17, 15) is 22.8 Å². The van der Waals surface area contributed by atoms with Crippen LogP contribution < -0.4 is 0 Å². The second kappa shape index (κ2) is 6.98. The summed E-state index contributed by atoms with van der Waals surface area (Å²) in [6.07, 6.45) is -5.55. The third-order valence-corrected chi connectivity index (χ3v) is 3.69. The highest BCUT2D eigenvalue weighted by Gasteiger charge is 2.35. The number of hydrogen-bond acceptors (Lipinski definition) is 4. The Morgan fingerprint density at radius 3 is 2.38 bits per heavy atom. The van der Waals surface area contributed by atoms with Crippen molar-refractivity contribution in [3.8, 4) is 0 Å². The van der Waals surface area contributed by atoms with Crippen LogP contribution in [-0.2, 0) is 20.5 Å². The Morgan fingerprint density at radius 2 is 1.90 bits per heavy atom. The summed E-state index contributed by atoms with van der Waals surface area (Å²) in [7, 11) is 0. The normalized spacial score (nSPS) is 12.9. The predicted molar refractivity (Wildman–Crippen MR) is 73.0 cm³/mol.